The Labute approximate surface area is 80.5 Å². The van der Waals surface area contributed by atoms with Crippen molar-refractivity contribution in [2.24, 2.45) is 11.7 Å². The zero-order valence-corrected chi connectivity index (χ0v) is 8.91. The van der Waals surface area contributed by atoms with E-state index in [4.69, 9.17) is 5.73 Å². The van der Waals surface area contributed by atoms with Crippen LogP contribution in [-0.4, -0.2) is 17.5 Å². The third kappa shape index (κ3) is 3.36. The van der Waals surface area contributed by atoms with E-state index in [1.807, 2.05) is 0 Å². The van der Waals surface area contributed by atoms with Crippen molar-refractivity contribution >= 4 is 11.8 Å². The smallest absolute Gasteiger partial charge is 0.00673 e. The first kappa shape index (κ1) is 10.4. The molecule has 0 bridgehead atoms. The Hall–Kier alpha value is 0.310. The van der Waals surface area contributed by atoms with Crippen LogP contribution in [0, 0.1) is 5.92 Å². The predicted octanol–water partition coefficient (Wildman–Crippen LogP) is 2.65. The molecular weight excluding hydrogens is 166 g/mol. The summed E-state index contributed by atoms with van der Waals surface area (Å²) in [6.07, 6.45) is 6.56. The van der Waals surface area contributed by atoms with Crippen molar-refractivity contribution in [3.05, 3.63) is 0 Å². The van der Waals surface area contributed by atoms with Crippen molar-refractivity contribution in [3.63, 3.8) is 0 Å². The highest BCUT2D eigenvalue weighted by Crippen LogP contribution is 2.25. The molecule has 1 aliphatic heterocycles. The first-order valence-corrected chi connectivity index (χ1v) is 6.33. The van der Waals surface area contributed by atoms with Gasteiger partial charge in [0.25, 0.3) is 0 Å². The van der Waals surface area contributed by atoms with E-state index < -0.39 is 0 Å². The summed E-state index contributed by atoms with van der Waals surface area (Å²) in [4.78, 5) is 0. The Morgan fingerprint density at radius 3 is 3.00 bits per heavy atom. The Kier molecular flexibility index (Phi) is 5.08. The molecule has 0 aromatic carbocycles. The maximum atomic E-state index is 6.12. The van der Waals surface area contributed by atoms with Crippen molar-refractivity contribution < 1.29 is 0 Å². The summed E-state index contributed by atoms with van der Waals surface area (Å²) in [5.74, 6) is 3.51. The highest BCUT2D eigenvalue weighted by molar-refractivity contribution is 7.99. The summed E-state index contributed by atoms with van der Waals surface area (Å²) in [5, 5.41) is 0. The molecule has 1 aliphatic rings. The molecule has 0 radical (unpaired) electrons. The van der Waals surface area contributed by atoms with Crippen LogP contribution >= 0.6 is 11.8 Å². The fraction of sp³-hybridized carbons (Fsp3) is 1.00. The van der Waals surface area contributed by atoms with Gasteiger partial charge in [-0.05, 0) is 43.1 Å². The molecule has 0 aliphatic carbocycles. The van der Waals surface area contributed by atoms with Crippen LogP contribution in [-0.2, 0) is 0 Å². The predicted molar refractivity (Wildman–Crippen MR) is 57.5 cm³/mol. The maximum Gasteiger partial charge on any atom is 0.00673 e. The molecule has 0 aromatic heterocycles. The first-order chi connectivity index (χ1) is 5.84. The van der Waals surface area contributed by atoms with E-state index in [2.05, 4.69) is 18.7 Å². The van der Waals surface area contributed by atoms with Crippen LogP contribution in [0.25, 0.3) is 0 Å². The molecule has 1 unspecified atom stereocenters. The van der Waals surface area contributed by atoms with Crippen LogP contribution in [0.3, 0.4) is 0 Å². The lowest BCUT2D eigenvalue weighted by Gasteiger charge is -2.21. The van der Waals surface area contributed by atoms with Crippen molar-refractivity contribution in [3.8, 4) is 0 Å². The molecule has 1 saturated heterocycles. The second-order valence-corrected chi connectivity index (χ2v) is 4.98. The second-order valence-electron chi connectivity index (χ2n) is 3.76. The maximum absolute atomic E-state index is 6.12. The monoisotopic (exact) mass is 187 g/mol. The van der Waals surface area contributed by atoms with Crippen LogP contribution in [0.5, 0.6) is 0 Å². The van der Waals surface area contributed by atoms with Gasteiger partial charge >= 0.3 is 0 Å². The van der Waals surface area contributed by atoms with Gasteiger partial charge in [0.1, 0.15) is 0 Å². The standard InChI is InChI=1S/C10H21NS/c1-2-4-10(11)9-5-3-7-12-8-6-9/h9-10H,2-8,11H2,1H3/t9?,10-/m1/s1. The SMILES string of the molecule is CCC[C@@H](N)C1CCCSCC1. The summed E-state index contributed by atoms with van der Waals surface area (Å²) >= 11 is 2.10. The molecule has 1 nitrogen and oxygen atoms in total. The number of rotatable bonds is 3. The molecule has 2 heteroatoms. The van der Waals surface area contributed by atoms with Crippen LogP contribution < -0.4 is 5.73 Å². The zero-order chi connectivity index (χ0) is 8.81. The zero-order valence-electron chi connectivity index (χ0n) is 8.09. The van der Waals surface area contributed by atoms with Crippen molar-refractivity contribution in [2.45, 2.75) is 45.1 Å². The Bertz CT molecular complexity index is 108. The van der Waals surface area contributed by atoms with Gasteiger partial charge in [0.05, 0.1) is 0 Å². The van der Waals surface area contributed by atoms with Gasteiger partial charge in [-0.25, -0.2) is 0 Å². The average Bonchev–Trinajstić information content (AvgIpc) is 2.32. The molecular formula is C10H21NS. The summed E-state index contributed by atoms with van der Waals surface area (Å²) in [7, 11) is 0. The molecule has 1 fully saturated rings. The van der Waals surface area contributed by atoms with Gasteiger partial charge in [0, 0.05) is 6.04 Å². The summed E-state index contributed by atoms with van der Waals surface area (Å²) in [6.45, 7) is 2.23. The van der Waals surface area contributed by atoms with Crippen LogP contribution in [0.1, 0.15) is 39.0 Å². The van der Waals surface area contributed by atoms with Gasteiger partial charge in [0.15, 0.2) is 0 Å². The van der Waals surface area contributed by atoms with Crippen molar-refractivity contribution in [1.82, 2.24) is 0 Å². The van der Waals surface area contributed by atoms with E-state index in [0.717, 1.165) is 5.92 Å². The molecule has 2 atom stereocenters. The molecule has 0 saturated carbocycles. The average molecular weight is 187 g/mol. The number of thioether (sulfide) groups is 1. The first-order valence-electron chi connectivity index (χ1n) is 5.18. The van der Waals surface area contributed by atoms with Gasteiger partial charge < -0.3 is 5.73 Å². The van der Waals surface area contributed by atoms with E-state index in [0.29, 0.717) is 6.04 Å². The van der Waals surface area contributed by atoms with Crippen LogP contribution in [0.15, 0.2) is 0 Å². The molecule has 72 valence electrons. The van der Waals surface area contributed by atoms with Crippen molar-refractivity contribution in [1.29, 1.82) is 0 Å². The lowest BCUT2D eigenvalue weighted by molar-refractivity contribution is 0.367. The van der Waals surface area contributed by atoms with Crippen LogP contribution in [0.4, 0.5) is 0 Å². The van der Waals surface area contributed by atoms with Crippen LogP contribution in [0.2, 0.25) is 0 Å². The summed E-state index contributed by atoms with van der Waals surface area (Å²) in [5.41, 5.74) is 6.12. The quantitative estimate of drug-likeness (QED) is 0.735. The Morgan fingerprint density at radius 2 is 2.25 bits per heavy atom. The van der Waals surface area contributed by atoms with E-state index in [1.165, 1.54) is 43.6 Å². The highest BCUT2D eigenvalue weighted by Gasteiger charge is 2.18. The Morgan fingerprint density at radius 1 is 1.42 bits per heavy atom. The molecule has 1 heterocycles. The topological polar surface area (TPSA) is 26.0 Å². The summed E-state index contributed by atoms with van der Waals surface area (Å²) < 4.78 is 0. The van der Waals surface area contributed by atoms with Gasteiger partial charge in [-0.1, -0.05) is 13.3 Å². The van der Waals surface area contributed by atoms with Gasteiger partial charge in [-0.3, -0.25) is 0 Å². The fourth-order valence-corrected chi connectivity index (χ4v) is 2.97. The van der Waals surface area contributed by atoms with E-state index >= 15 is 0 Å². The van der Waals surface area contributed by atoms with E-state index in [-0.39, 0.29) is 0 Å². The number of hydrogen-bond donors (Lipinski definition) is 1. The third-order valence-corrected chi connectivity index (χ3v) is 3.83. The molecule has 0 amide bonds. The minimum atomic E-state index is 0.480. The fourth-order valence-electron chi connectivity index (χ4n) is 1.93. The van der Waals surface area contributed by atoms with Gasteiger partial charge in [-0.15, -0.1) is 0 Å². The van der Waals surface area contributed by atoms with Gasteiger partial charge in [0.2, 0.25) is 0 Å². The molecule has 12 heavy (non-hydrogen) atoms. The largest absolute Gasteiger partial charge is 0.327 e. The highest BCUT2D eigenvalue weighted by atomic mass is 32.2. The number of hydrogen-bond acceptors (Lipinski definition) is 2. The second kappa shape index (κ2) is 5.87. The number of nitrogens with two attached hydrogens (primary N) is 1. The molecule has 2 N–H and O–H groups in total. The normalized spacial score (nSPS) is 28.0. The minimum Gasteiger partial charge on any atom is -0.327 e. The Balaban J connectivity index is 2.27. The van der Waals surface area contributed by atoms with Crippen molar-refractivity contribution in [2.75, 3.05) is 11.5 Å². The molecule has 0 aromatic rings. The lowest BCUT2D eigenvalue weighted by atomic mass is 9.90. The van der Waals surface area contributed by atoms with E-state index in [9.17, 15) is 0 Å². The molecule has 0 spiro atoms. The summed E-state index contributed by atoms with van der Waals surface area (Å²) in [6, 6.07) is 0.480. The third-order valence-electron chi connectivity index (χ3n) is 2.72. The van der Waals surface area contributed by atoms with E-state index in [1.54, 1.807) is 0 Å². The lowest BCUT2D eigenvalue weighted by Crippen LogP contribution is -2.29. The minimum absolute atomic E-state index is 0.480. The molecule has 1 rings (SSSR count). The van der Waals surface area contributed by atoms with Gasteiger partial charge in [-0.2, -0.15) is 11.8 Å².